The molecule has 0 saturated heterocycles. The smallest absolute Gasteiger partial charge is 0.226 e. The van der Waals surface area contributed by atoms with Gasteiger partial charge in [0, 0.05) is 18.9 Å². The molecule has 25 heavy (non-hydrogen) atoms. The Morgan fingerprint density at radius 2 is 1.92 bits per heavy atom. The van der Waals surface area contributed by atoms with E-state index >= 15 is 0 Å². The lowest BCUT2D eigenvalue weighted by molar-refractivity contribution is 0.273. The Morgan fingerprint density at radius 1 is 1.16 bits per heavy atom. The molecule has 0 amide bonds. The highest BCUT2D eigenvalue weighted by Gasteiger charge is 2.24. The molecule has 1 heterocycles. The molecule has 2 N–H and O–H groups in total. The van der Waals surface area contributed by atoms with Gasteiger partial charge in [-0.1, -0.05) is 24.1 Å². The Morgan fingerprint density at radius 3 is 2.64 bits per heavy atom. The monoisotopic (exact) mass is 367 g/mol. The van der Waals surface area contributed by atoms with Crippen LogP contribution in [0.3, 0.4) is 0 Å². The molecule has 1 aliphatic carbocycles. The average molecular weight is 368 g/mol. The Labute approximate surface area is 154 Å². The number of nitrogens with two attached hydrogens (primary N) is 1. The van der Waals surface area contributed by atoms with E-state index in [1.165, 1.54) is 12.8 Å². The third-order valence-corrected chi connectivity index (χ3v) is 4.73. The van der Waals surface area contributed by atoms with Gasteiger partial charge in [0.1, 0.15) is 0 Å². The normalized spacial score (nSPS) is 20.0. The van der Waals surface area contributed by atoms with Crippen LogP contribution in [0.1, 0.15) is 43.0 Å². The number of hydrogen-bond donors (Lipinski definition) is 1. The Hall–Kier alpha value is -1.79. The summed E-state index contributed by atoms with van der Waals surface area (Å²) in [5.74, 6) is 3.23. The fourth-order valence-electron chi connectivity index (χ4n) is 3.33. The molecule has 0 aliphatic heterocycles. The van der Waals surface area contributed by atoms with Crippen molar-refractivity contribution in [2.24, 2.45) is 11.7 Å². The van der Waals surface area contributed by atoms with Gasteiger partial charge in [-0.3, -0.25) is 0 Å². The van der Waals surface area contributed by atoms with Crippen molar-refractivity contribution in [1.82, 2.24) is 10.1 Å². The van der Waals surface area contributed by atoms with E-state index in [0.29, 0.717) is 35.6 Å². The SMILES string of the molecule is COc1ccc(Cc2noc(CC3CCCCC3N)n2)cc1OC.Cl. The molecule has 1 fully saturated rings. The van der Waals surface area contributed by atoms with Gasteiger partial charge in [0.15, 0.2) is 17.3 Å². The van der Waals surface area contributed by atoms with Crippen LogP contribution in [0.15, 0.2) is 22.7 Å². The van der Waals surface area contributed by atoms with Crippen molar-refractivity contribution in [2.45, 2.75) is 44.6 Å². The summed E-state index contributed by atoms with van der Waals surface area (Å²) in [6.45, 7) is 0. The molecule has 6 nitrogen and oxygen atoms in total. The first-order valence-corrected chi connectivity index (χ1v) is 8.47. The van der Waals surface area contributed by atoms with E-state index in [0.717, 1.165) is 24.8 Å². The lowest BCUT2D eigenvalue weighted by Crippen LogP contribution is -2.34. The van der Waals surface area contributed by atoms with Crippen molar-refractivity contribution in [2.75, 3.05) is 14.2 Å². The average Bonchev–Trinajstić information content (AvgIpc) is 3.04. The zero-order valence-corrected chi connectivity index (χ0v) is 15.6. The fraction of sp³-hybridized carbons (Fsp3) is 0.556. The number of hydrogen-bond acceptors (Lipinski definition) is 6. The molecule has 0 radical (unpaired) electrons. The molecule has 2 atom stereocenters. The number of nitrogens with zero attached hydrogens (tertiary/aromatic N) is 2. The maximum atomic E-state index is 6.20. The minimum atomic E-state index is 0. The molecule has 0 spiro atoms. The first-order chi connectivity index (χ1) is 11.7. The summed E-state index contributed by atoms with van der Waals surface area (Å²) in [5.41, 5.74) is 7.25. The summed E-state index contributed by atoms with van der Waals surface area (Å²) in [5, 5.41) is 4.10. The van der Waals surface area contributed by atoms with Gasteiger partial charge in [0.05, 0.1) is 14.2 Å². The zero-order valence-electron chi connectivity index (χ0n) is 14.7. The fourth-order valence-corrected chi connectivity index (χ4v) is 3.33. The quantitative estimate of drug-likeness (QED) is 0.844. The number of ether oxygens (including phenoxy) is 2. The highest BCUT2D eigenvalue weighted by molar-refractivity contribution is 5.85. The molecule has 7 heteroatoms. The Bertz CT molecular complexity index is 677. The predicted octanol–water partition coefficient (Wildman–Crippen LogP) is 3.16. The van der Waals surface area contributed by atoms with Gasteiger partial charge in [-0.15, -0.1) is 12.4 Å². The van der Waals surface area contributed by atoms with Gasteiger partial charge in [0.25, 0.3) is 0 Å². The molecule has 1 aromatic heterocycles. The summed E-state index contributed by atoms with van der Waals surface area (Å²) in [6.07, 6.45) is 6.09. The van der Waals surface area contributed by atoms with Crippen LogP contribution in [0.2, 0.25) is 0 Å². The van der Waals surface area contributed by atoms with E-state index in [2.05, 4.69) is 10.1 Å². The summed E-state index contributed by atoms with van der Waals surface area (Å²) in [4.78, 5) is 4.53. The van der Waals surface area contributed by atoms with Crippen molar-refractivity contribution < 1.29 is 14.0 Å². The number of benzene rings is 1. The second-order valence-corrected chi connectivity index (χ2v) is 6.38. The van der Waals surface area contributed by atoms with Crippen molar-refractivity contribution >= 4 is 12.4 Å². The Balaban J connectivity index is 0.00000225. The third kappa shape index (κ3) is 4.86. The third-order valence-electron chi connectivity index (χ3n) is 4.73. The number of aromatic nitrogens is 2. The van der Waals surface area contributed by atoms with Gasteiger partial charge in [-0.2, -0.15) is 4.98 Å². The second-order valence-electron chi connectivity index (χ2n) is 6.38. The van der Waals surface area contributed by atoms with Crippen molar-refractivity contribution in [3.63, 3.8) is 0 Å². The van der Waals surface area contributed by atoms with Crippen LogP contribution in [0.25, 0.3) is 0 Å². The van der Waals surface area contributed by atoms with E-state index in [1.807, 2.05) is 18.2 Å². The molecule has 2 unspecified atom stereocenters. The first kappa shape index (κ1) is 19.5. The highest BCUT2D eigenvalue weighted by Crippen LogP contribution is 2.29. The summed E-state index contributed by atoms with van der Waals surface area (Å²) in [6, 6.07) is 6.05. The molecular formula is C18H26ClN3O3. The van der Waals surface area contributed by atoms with Crippen molar-refractivity contribution in [3.05, 3.63) is 35.5 Å². The van der Waals surface area contributed by atoms with E-state index in [4.69, 9.17) is 19.7 Å². The van der Waals surface area contributed by atoms with Gasteiger partial charge >= 0.3 is 0 Å². The molecule has 1 aromatic carbocycles. The maximum absolute atomic E-state index is 6.20. The summed E-state index contributed by atoms with van der Waals surface area (Å²) in [7, 11) is 3.25. The second kappa shape index (κ2) is 9.06. The minimum absolute atomic E-state index is 0. The van der Waals surface area contributed by atoms with E-state index in [-0.39, 0.29) is 18.4 Å². The molecule has 1 saturated carbocycles. The van der Waals surface area contributed by atoms with Crippen LogP contribution in [0.4, 0.5) is 0 Å². The van der Waals surface area contributed by atoms with Crippen molar-refractivity contribution in [1.29, 1.82) is 0 Å². The van der Waals surface area contributed by atoms with Crippen LogP contribution >= 0.6 is 12.4 Å². The minimum Gasteiger partial charge on any atom is -0.493 e. The van der Waals surface area contributed by atoms with Gasteiger partial charge in [-0.25, -0.2) is 0 Å². The summed E-state index contributed by atoms with van der Waals surface area (Å²) >= 11 is 0. The topological polar surface area (TPSA) is 83.4 Å². The first-order valence-electron chi connectivity index (χ1n) is 8.47. The molecule has 138 valence electrons. The Kier molecular flexibility index (Phi) is 7.08. The highest BCUT2D eigenvalue weighted by atomic mass is 35.5. The largest absolute Gasteiger partial charge is 0.493 e. The van der Waals surface area contributed by atoms with Gasteiger partial charge < -0.3 is 19.7 Å². The maximum Gasteiger partial charge on any atom is 0.226 e. The van der Waals surface area contributed by atoms with Gasteiger partial charge in [-0.05, 0) is 36.5 Å². The molecular weight excluding hydrogens is 342 g/mol. The standard InChI is InChI=1S/C18H25N3O3.ClH/c1-22-15-8-7-12(9-16(15)23-2)10-17-20-18(24-21-17)11-13-5-3-4-6-14(13)19;/h7-9,13-14H,3-6,10-11,19H2,1-2H3;1H. The molecule has 3 rings (SSSR count). The van der Waals surface area contributed by atoms with E-state index < -0.39 is 0 Å². The molecule has 0 bridgehead atoms. The summed E-state index contributed by atoms with van der Waals surface area (Å²) < 4.78 is 16.0. The zero-order chi connectivity index (χ0) is 16.9. The van der Waals surface area contributed by atoms with Gasteiger partial charge in [0.2, 0.25) is 5.89 Å². The lowest BCUT2D eigenvalue weighted by Gasteiger charge is -2.27. The lowest BCUT2D eigenvalue weighted by atomic mass is 9.83. The molecule has 1 aliphatic rings. The number of rotatable bonds is 6. The van der Waals surface area contributed by atoms with Crippen LogP contribution in [0, 0.1) is 5.92 Å². The van der Waals surface area contributed by atoms with Crippen LogP contribution in [-0.2, 0) is 12.8 Å². The predicted molar refractivity (Wildman–Crippen MR) is 97.5 cm³/mol. The number of halogens is 1. The van der Waals surface area contributed by atoms with Crippen molar-refractivity contribution in [3.8, 4) is 11.5 Å². The van der Waals surface area contributed by atoms with Crippen LogP contribution < -0.4 is 15.2 Å². The number of methoxy groups -OCH3 is 2. The molecule has 2 aromatic rings. The van der Waals surface area contributed by atoms with Crippen LogP contribution in [-0.4, -0.2) is 30.4 Å². The van der Waals surface area contributed by atoms with Crippen LogP contribution in [0.5, 0.6) is 11.5 Å². The van der Waals surface area contributed by atoms with E-state index in [1.54, 1.807) is 14.2 Å². The van der Waals surface area contributed by atoms with E-state index in [9.17, 15) is 0 Å².